The standard InChI is InChI=1S/C49H38N4S/c1-48(2)39-24-30(29-17-20-45-38(23-29)35-13-9-10-14-44(35)53(45)32-11-7-6-8-12-32)15-18-33(39)36-26-42-37(27-41(36)48)34-19-16-31(25-40(34)49(42,3)4)43-28-46(54-5)52-22-21-50-47(52)51-43/h6-28H,1-5H3. The highest BCUT2D eigenvalue weighted by Gasteiger charge is 2.42. The normalized spacial score (nSPS) is 14.8. The molecule has 54 heavy (non-hydrogen) atoms. The van der Waals surface area contributed by atoms with Gasteiger partial charge in [0.05, 0.1) is 21.8 Å². The number of benzene rings is 6. The smallest absolute Gasteiger partial charge is 0.235 e. The summed E-state index contributed by atoms with van der Waals surface area (Å²) in [7, 11) is 0. The van der Waals surface area contributed by atoms with E-state index >= 15 is 0 Å². The SMILES string of the molecule is CSc1cc(-c2ccc3c(c2)C(C)(C)c2cc4c(cc2-3)C(C)(C)c2cc(-c3ccc5c(c3)c3ccccc3n5-c3ccccc3)ccc2-4)nc2nccn12. The van der Waals surface area contributed by atoms with E-state index in [2.05, 4.69) is 175 Å². The molecule has 0 aliphatic heterocycles. The van der Waals surface area contributed by atoms with Crippen molar-refractivity contribution in [1.82, 2.24) is 18.9 Å². The van der Waals surface area contributed by atoms with Crippen LogP contribution in [0.15, 0.2) is 145 Å². The first-order valence-corrected chi connectivity index (χ1v) is 19.9. The molecule has 0 saturated heterocycles. The van der Waals surface area contributed by atoms with Crippen LogP contribution in [0.1, 0.15) is 49.9 Å². The van der Waals surface area contributed by atoms with Crippen LogP contribution in [-0.2, 0) is 10.8 Å². The third-order valence-corrected chi connectivity index (χ3v) is 13.1. The minimum absolute atomic E-state index is 0.145. The van der Waals surface area contributed by atoms with Gasteiger partial charge in [0.1, 0.15) is 0 Å². The van der Waals surface area contributed by atoms with Crippen LogP contribution in [0.2, 0.25) is 0 Å². The first-order chi connectivity index (χ1) is 26.2. The fraction of sp³-hybridized carbons (Fsp3) is 0.143. The monoisotopic (exact) mass is 714 g/mol. The Labute approximate surface area is 319 Å². The van der Waals surface area contributed by atoms with E-state index in [4.69, 9.17) is 4.98 Å². The number of rotatable bonds is 4. The molecule has 0 fully saturated rings. The Kier molecular flexibility index (Phi) is 6.47. The van der Waals surface area contributed by atoms with E-state index < -0.39 is 0 Å². The van der Waals surface area contributed by atoms with E-state index in [0.717, 1.165) is 22.1 Å². The lowest BCUT2D eigenvalue weighted by atomic mass is 9.79. The van der Waals surface area contributed by atoms with Crippen molar-refractivity contribution < 1.29 is 0 Å². The molecule has 0 N–H and O–H groups in total. The van der Waals surface area contributed by atoms with Gasteiger partial charge in [0.15, 0.2) is 0 Å². The Balaban J connectivity index is 0.999. The minimum atomic E-state index is -0.156. The quantitative estimate of drug-likeness (QED) is 0.134. The molecule has 5 heteroatoms. The molecular weight excluding hydrogens is 677 g/mol. The summed E-state index contributed by atoms with van der Waals surface area (Å²) in [4.78, 5) is 9.45. The molecule has 2 aliphatic carbocycles. The number of para-hydroxylation sites is 2. The average molecular weight is 715 g/mol. The molecule has 0 bridgehead atoms. The lowest BCUT2D eigenvalue weighted by Gasteiger charge is -2.24. The van der Waals surface area contributed by atoms with Gasteiger partial charge in [0, 0.05) is 45.2 Å². The van der Waals surface area contributed by atoms with Crippen molar-refractivity contribution in [2.24, 2.45) is 0 Å². The third-order valence-electron chi connectivity index (χ3n) is 12.3. The summed E-state index contributed by atoms with van der Waals surface area (Å²) in [5.74, 6) is 0.733. The van der Waals surface area contributed by atoms with Gasteiger partial charge >= 0.3 is 0 Å². The Morgan fingerprint density at radius 2 is 1.13 bits per heavy atom. The molecule has 9 aromatic rings. The summed E-state index contributed by atoms with van der Waals surface area (Å²) < 4.78 is 4.44. The predicted octanol–water partition coefficient (Wildman–Crippen LogP) is 12.5. The summed E-state index contributed by atoms with van der Waals surface area (Å²) in [6.07, 6.45) is 5.90. The van der Waals surface area contributed by atoms with E-state index in [1.807, 2.05) is 12.4 Å². The predicted molar refractivity (Wildman–Crippen MR) is 225 cm³/mol. The zero-order valence-corrected chi connectivity index (χ0v) is 31.8. The van der Waals surface area contributed by atoms with Crippen molar-refractivity contribution in [3.8, 4) is 50.3 Å². The van der Waals surface area contributed by atoms with Gasteiger partial charge in [-0.1, -0.05) is 94.4 Å². The minimum Gasteiger partial charge on any atom is -0.309 e. The van der Waals surface area contributed by atoms with Gasteiger partial charge in [-0.25, -0.2) is 9.97 Å². The first-order valence-electron chi connectivity index (χ1n) is 18.7. The highest BCUT2D eigenvalue weighted by Crippen LogP contribution is 2.57. The highest BCUT2D eigenvalue weighted by molar-refractivity contribution is 7.98. The number of hydrogen-bond acceptors (Lipinski definition) is 3. The van der Waals surface area contributed by atoms with Crippen molar-refractivity contribution >= 4 is 39.3 Å². The van der Waals surface area contributed by atoms with E-state index in [0.29, 0.717) is 0 Å². The Morgan fingerprint density at radius 3 is 1.85 bits per heavy atom. The molecule has 3 heterocycles. The number of nitrogens with zero attached hydrogens (tertiary/aromatic N) is 4. The van der Waals surface area contributed by atoms with Crippen molar-refractivity contribution in [1.29, 1.82) is 0 Å². The Bertz CT molecular complexity index is 3040. The van der Waals surface area contributed by atoms with E-state index in [1.165, 1.54) is 83.1 Å². The van der Waals surface area contributed by atoms with Crippen molar-refractivity contribution in [2.75, 3.05) is 6.26 Å². The topological polar surface area (TPSA) is 35.1 Å². The maximum atomic E-state index is 4.94. The molecule has 6 aromatic carbocycles. The second-order valence-electron chi connectivity index (χ2n) is 15.9. The van der Waals surface area contributed by atoms with Crippen LogP contribution in [0.4, 0.5) is 0 Å². The van der Waals surface area contributed by atoms with Crippen molar-refractivity contribution in [3.05, 3.63) is 162 Å². The summed E-state index contributed by atoms with van der Waals surface area (Å²) in [5.41, 5.74) is 18.8. The summed E-state index contributed by atoms with van der Waals surface area (Å²) in [6, 6.07) is 47.7. The van der Waals surface area contributed by atoms with Gasteiger partial charge in [0.2, 0.25) is 5.78 Å². The molecular formula is C49H38N4S. The number of hydrogen-bond donors (Lipinski definition) is 0. The van der Waals surface area contributed by atoms with Crippen LogP contribution in [0.3, 0.4) is 0 Å². The van der Waals surface area contributed by atoms with Gasteiger partial charge in [-0.3, -0.25) is 4.40 Å². The average Bonchev–Trinajstić information content (AvgIpc) is 3.92. The van der Waals surface area contributed by atoms with Crippen molar-refractivity contribution in [2.45, 2.75) is 43.6 Å². The molecule has 0 radical (unpaired) electrons. The van der Waals surface area contributed by atoms with E-state index in [1.54, 1.807) is 11.8 Å². The van der Waals surface area contributed by atoms with E-state index in [-0.39, 0.29) is 10.8 Å². The van der Waals surface area contributed by atoms with Crippen LogP contribution in [0.5, 0.6) is 0 Å². The maximum absolute atomic E-state index is 4.94. The molecule has 260 valence electrons. The highest BCUT2D eigenvalue weighted by atomic mass is 32.2. The lowest BCUT2D eigenvalue weighted by Crippen LogP contribution is -2.17. The summed E-state index contributed by atoms with van der Waals surface area (Å²) >= 11 is 1.72. The van der Waals surface area contributed by atoms with Crippen LogP contribution in [0, 0.1) is 0 Å². The molecule has 11 rings (SSSR count). The van der Waals surface area contributed by atoms with Crippen LogP contribution in [0.25, 0.3) is 77.9 Å². The third kappa shape index (κ3) is 4.27. The fourth-order valence-corrected chi connectivity index (χ4v) is 10.1. The van der Waals surface area contributed by atoms with Gasteiger partial charge in [0.25, 0.3) is 0 Å². The fourth-order valence-electron chi connectivity index (χ4n) is 9.49. The maximum Gasteiger partial charge on any atom is 0.235 e. The number of fused-ring (bicyclic) bond motifs is 10. The zero-order chi connectivity index (χ0) is 36.5. The Hall–Kier alpha value is -5.91. The molecule has 0 amide bonds. The molecule has 0 atom stereocenters. The second kappa shape index (κ2) is 11.1. The Morgan fingerprint density at radius 1 is 0.537 bits per heavy atom. The summed E-state index contributed by atoms with van der Waals surface area (Å²) in [5, 5.41) is 3.68. The molecule has 3 aromatic heterocycles. The largest absolute Gasteiger partial charge is 0.309 e. The number of thioether (sulfide) groups is 1. The first kappa shape index (κ1) is 31.6. The zero-order valence-electron chi connectivity index (χ0n) is 31.0. The van der Waals surface area contributed by atoms with Gasteiger partial charge in [-0.2, -0.15) is 0 Å². The molecule has 4 nitrogen and oxygen atoms in total. The number of imidazole rings is 1. The van der Waals surface area contributed by atoms with Crippen LogP contribution in [-0.4, -0.2) is 25.2 Å². The van der Waals surface area contributed by atoms with Crippen LogP contribution < -0.4 is 0 Å². The summed E-state index contributed by atoms with van der Waals surface area (Å²) in [6.45, 7) is 9.55. The van der Waals surface area contributed by atoms with Gasteiger partial charge in [-0.05, 0) is 123 Å². The van der Waals surface area contributed by atoms with E-state index in [9.17, 15) is 0 Å². The van der Waals surface area contributed by atoms with Gasteiger partial charge < -0.3 is 4.57 Å². The molecule has 2 aliphatic rings. The van der Waals surface area contributed by atoms with Gasteiger partial charge in [-0.15, -0.1) is 11.8 Å². The molecule has 0 saturated carbocycles. The number of aromatic nitrogens is 4. The molecule has 0 unspecified atom stereocenters. The van der Waals surface area contributed by atoms with Crippen molar-refractivity contribution in [3.63, 3.8) is 0 Å². The van der Waals surface area contributed by atoms with Crippen LogP contribution >= 0.6 is 11.8 Å². The second-order valence-corrected chi connectivity index (χ2v) is 16.7. The lowest BCUT2D eigenvalue weighted by molar-refractivity contribution is 0.652. The molecule has 0 spiro atoms.